The van der Waals surface area contributed by atoms with Gasteiger partial charge in [-0.15, -0.1) is 11.8 Å². The van der Waals surface area contributed by atoms with Crippen LogP contribution in [0.3, 0.4) is 0 Å². The number of hydrogen-bond donors (Lipinski definition) is 2. The molecule has 0 spiro atoms. The quantitative estimate of drug-likeness (QED) is 0.624. The van der Waals surface area contributed by atoms with E-state index in [1.54, 1.807) is 6.26 Å². The van der Waals surface area contributed by atoms with Gasteiger partial charge in [0.05, 0.1) is 11.6 Å². The van der Waals surface area contributed by atoms with Crippen LogP contribution in [0.15, 0.2) is 30.3 Å². The monoisotopic (exact) mass is 238 g/mol. The van der Waals surface area contributed by atoms with Crippen LogP contribution in [-0.2, 0) is 11.3 Å². The maximum atomic E-state index is 11.2. The first kappa shape index (κ1) is 12.6. The average molecular weight is 238 g/mol. The molecular formula is C11H14N2O2S. The molecule has 0 fully saturated rings. The standard InChI is InChI=1S/C11H14N2O2S/c1-16-10(12)7-13-11(14)15-8-9-5-3-2-4-6-9/h2-6,12H,7-8H2,1H3,(H,13,14). The van der Waals surface area contributed by atoms with Gasteiger partial charge >= 0.3 is 6.09 Å². The molecule has 0 atom stereocenters. The highest BCUT2D eigenvalue weighted by Gasteiger charge is 2.03. The van der Waals surface area contributed by atoms with Crippen molar-refractivity contribution in [2.24, 2.45) is 0 Å². The summed E-state index contributed by atoms with van der Waals surface area (Å²) in [6.07, 6.45) is 1.29. The zero-order chi connectivity index (χ0) is 11.8. The van der Waals surface area contributed by atoms with E-state index in [-0.39, 0.29) is 13.2 Å². The molecule has 2 N–H and O–H groups in total. The van der Waals surface area contributed by atoms with E-state index < -0.39 is 6.09 Å². The highest BCUT2D eigenvalue weighted by molar-refractivity contribution is 8.13. The van der Waals surface area contributed by atoms with E-state index in [2.05, 4.69) is 5.32 Å². The molecule has 1 aromatic carbocycles. The first-order valence-electron chi connectivity index (χ1n) is 4.78. The minimum atomic E-state index is -0.498. The van der Waals surface area contributed by atoms with Gasteiger partial charge in [-0.2, -0.15) is 0 Å². The number of rotatable bonds is 4. The summed E-state index contributed by atoms with van der Waals surface area (Å²) in [6, 6.07) is 9.46. The van der Waals surface area contributed by atoms with Crippen LogP contribution in [0.1, 0.15) is 5.56 Å². The molecule has 0 saturated carbocycles. The number of ether oxygens (including phenoxy) is 1. The lowest BCUT2D eigenvalue weighted by molar-refractivity contribution is 0.141. The fourth-order valence-corrected chi connectivity index (χ4v) is 1.22. The van der Waals surface area contributed by atoms with Crippen molar-refractivity contribution in [3.05, 3.63) is 35.9 Å². The summed E-state index contributed by atoms with van der Waals surface area (Å²) in [4.78, 5) is 11.2. The third kappa shape index (κ3) is 4.84. The second kappa shape index (κ2) is 6.90. The predicted octanol–water partition coefficient (Wildman–Crippen LogP) is 2.25. The summed E-state index contributed by atoms with van der Waals surface area (Å²) in [5.74, 6) is 0. The minimum absolute atomic E-state index is 0.217. The molecule has 1 amide bonds. The van der Waals surface area contributed by atoms with Gasteiger partial charge in [0.1, 0.15) is 6.61 Å². The number of carbonyl (C=O) groups is 1. The van der Waals surface area contributed by atoms with Crippen molar-refractivity contribution >= 4 is 22.9 Å². The Hall–Kier alpha value is -1.49. The Bertz CT molecular complexity index is 354. The van der Waals surface area contributed by atoms with E-state index in [4.69, 9.17) is 10.1 Å². The highest BCUT2D eigenvalue weighted by Crippen LogP contribution is 2.00. The van der Waals surface area contributed by atoms with Crippen molar-refractivity contribution in [1.29, 1.82) is 5.41 Å². The van der Waals surface area contributed by atoms with Gasteiger partial charge < -0.3 is 10.1 Å². The van der Waals surface area contributed by atoms with E-state index in [1.807, 2.05) is 30.3 Å². The minimum Gasteiger partial charge on any atom is -0.445 e. The van der Waals surface area contributed by atoms with Crippen LogP contribution < -0.4 is 5.32 Å². The normalized spacial score (nSPS) is 9.56. The Morgan fingerprint density at radius 2 is 2.12 bits per heavy atom. The average Bonchev–Trinajstić information content (AvgIpc) is 2.34. The molecule has 0 saturated heterocycles. The van der Waals surface area contributed by atoms with Crippen LogP contribution in [-0.4, -0.2) is 23.9 Å². The molecule has 0 radical (unpaired) electrons. The van der Waals surface area contributed by atoms with Gasteiger partial charge in [0.15, 0.2) is 0 Å². The van der Waals surface area contributed by atoms with Crippen molar-refractivity contribution in [1.82, 2.24) is 5.32 Å². The lowest BCUT2D eigenvalue weighted by atomic mass is 10.2. The Morgan fingerprint density at radius 3 is 2.75 bits per heavy atom. The number of thioether (sulfide) groups is 1. The van der Waals surface area contributed by atoms with Crippen molar-refractivity contribution in [2.45, 2.75) is 6.61 Å². The Balaban J connectivity index is 2.23. The summed E-state index contributed by atoms with van der Waals surface area (Å²) in [5.41, 5.74) is 0.942. The van der Waals surface area contributed by atoms with E-state index in [0.29, 0.717) is 5.04 Å². The van der Waals surface area contributed by atoms with Gasteiger partial charge in [0.25, 0.3) is 0 Å². The van der Waals surface area contributed by atoms with Crippen LogP contribution >= 0.6 is 11.8 Å². The van der Waals surface area contributed by atoms with E-state index in [1.165, 1.54) is 11.8 Å². The van der Waals surface area contributed by atoms with Crippen LogP contribution in [0.5, 0.6) is 0 Å². The van der Waals surface area contributed by atoms with Crippen molar-refractivity contribution in [3.63, 3.8) is 0 Å². The molecule has 0 unspecified atom stereocenters. The lowest BCUT2D eigenvalue weighted by Gasteiger charge is -2.06. The molecule has 4 nitrogen and oxygen atoms in total. The molecule has 1 rings (SSSR count). The maximum absolute atomic E-state index is 11.2. The molecule has 0 aliphatic rings. The molecule has 16 heavy (non-hydrogen) atoms. The largest absolute Gasteiger partial charge is 0.445 e. The van der Waals surface area contributed by atoms with Crippen molar-refractivity contribution in [3.8, 4) is 0 Å². The summed E-state index contributed by atoms with van der Waals surface area (Å²) in [5, 5.41) is 10.2. The summed E-state index contributed by atoms with van der Waals surface area (Å²) in [6.45, 7) is 0.466. The van der Waals surface area contributed by atoms with Crippen LogP contribution in [0.2, 0.25) is 0 Å². The zero-order valence-electron chi connectivity index (χ0n) is 9.03. The number of nitrogens with one attached hydrogen (secondary N) is 2. The van der Waals surface area contributed by atoms with Gasteiger partial charge in [-0.05, 0) is 11.8 Å². The number of hydrogen-bond acceptors (Lipinski definition) is 4. The Labute approximate surface area is 98.9 Å². The molecule has 0 aliphatic heterocycles. The summed E-state index contributed by atoms with van der Waals surface area (Å²) in [7, 11) is 0. The fourth-order valence-electron chi connectivity index (χ4n) is 0.999. The molecular weight excluding hydrogens is 224 g/mol. The highest BCUT2D eigenvalue weighted by atomic mass is 32.2. The molecule has 0 aromatic heterocycles. The molecule has 0 aliphatic carbocycles. The van der Waals surface area contributed by atoms with E-state index >= 15 is 0 Å². The SMILES string of the molecule is CSC(=N)CNC(=O)OCc1ccccc1. The maximum Gasteiger partial charge on any atom is 0.407 e. The Morgan fingerprint density at radius 1 is 1.44 bits per heavy atom. The first-order chi connectivity index (χ1) is 7.72. The summed E-state index contributed by atoms with van der Waals surface area (Å²) < 4.78 is 4.97. The number of carbonyl (C=O) groups excluding carboxylic acids is 1. The molecule has 86 valence electrons. The third-order valence-electron chi connectivity index (χ3n) is 1.85. The number of benzene rings is 1. The smallest absolute Gasteiger partial charge is 0.407 e. The first-order valence-corrected chi connectivity index (χ1v) is 6.01. The second-order valence-corrected chi connectivity index (χ2v) is 3.94. The van der Waals surface area contributed by atoms with Crippen molar-refractivity contribution < 1.29 is 9.53 Å². The van der Waals surface area contributed by atoms with Gasteiger partial charge in [-0.1, -0.05) is 30.3 Å². The lowest BCUT2D eigenvalue weighted by Crippen LogP contribution is -2.28. The van der Waals surface area contributed by atoms with Crippen LogP contribution in [0, 0.1) is 5.41 Å². The van der Waals surface area contributed by atoms with Crippen molar-refractivity contribution in [2.75, 3.05) is 12.8 Å². The number of amides is 1. The molecule has 5 heteroatoms. The van der Waals surface area contributed by atoms with Crippen LogP contribution in [0.25, 0.3) is 0 Å². The van der Waals surface area contributed by atoms with Gasteiger partial charge in [0.2, 0.25) is 0 Å². The van der Waals surface area contributed by atoms with Gasteiger partial charge in [0, 0.05) is 0 Å². The predicted molar refractivity (Wildman–Crippen MR) is 65.9 cm³/mol. The van der Waals surface area contributed by atoms with Gasteiger partial charge in [-0.3, -0.25) is 5.41 Å². The molecule has 0 heterocycles. The zero-order valence-corrected chi connectivity index (χ0v) is 9.84. The van der Waals surface area contributed by atoms with E-state index in [9.17, 15) is 4.79 Å². The molecule has 1 aromatic rings. The molecule has 0 bridgehead atoms. The fraction of sp³-hybridized carbons (Fsp3) is 0.273. The summed E-state index contributed by atoms with van der Waals surface area (Å²) >= 11 is 1.29. The third-order valence-corrected chi connectivity index (χ3v) is 2.49. The van der Waals surface area contributed by atoms with Crippen LogP contribution in [0.4, 0.5) is 4.79 Å². The van der Waals surface area contributed by atoms with Gasteiger partial charge in [-0.25, -0.2) is 4.79 Å². The second-order valence-electron chi connectivity index (χ2n) is 3.04. The van der Waals surface area contributed by atoms with E-state index in [0.717, 1.165) is 5.56 Å². The topological polar surface area (TPSA) is 62.2 Å². The number of alkyl carbamates (subject to hydrolysis) is 1. The Kier molecular flexibility index (Phi) is 5.42.